The average Bonchev–Trinajstić information content (AvgIpc) is 2.99. The molecule has 2 aromatic rings. The second-order valence-corrected chi connectivity index (χ2v) is 6.76. The third kappa shape index (κ3) is 2.65. The van der Waals surface area contributed by atoms with E-state index >= 15 is 0 Å². The highest BCUT2D eigenvalue weighted by Crippen LogP contribution is 2.37. The van der Waals surface area contributed by atoms with Crippen molar-refractivity contribution in [3.63, 3.8) is 0 Å². The number of fused-ring (bicyclic) bond motifs is 1. The molecule has 0 atom stereocenters. The van der Waals surface area contributed by atoms with Crippen LogP contribution < -0.4 is 0 Å². The second-order valence-electron chi connectivity index (χ2n) is 6.76. The number of hydrogen-bond acceptors (Lipinski definition) is 3. The lowest BCUT2D eigenvalue weighted by molar-refractivity contribution is -0.142. The van der Waals surface area contributed by atoms with Crippen LogP contribution in [-0.4, -0.2) is 30.6 Å². The molecule has 4 nitrogen and oxygen atoms in total. The Labute approximate surface area is 142 Å². The van der Waals surface area contributed by atoms with E-state index in [2.05, 4.69) is 12.1 Å². The normalized spacial score (nSPS) is 20.2. The number of carbonyl (C=O) groups is 1. The van der Waals surface area contributed by atoms with Crippen LogP contribution in [0.3, 0.4) is 0 Å². The Morgan fingerprint density at radius 1 is 1.08 bits per heavy atom. The Balaban J connectivity index is 1.67. The third-order valence-electron chi connectivity index (χ3n) is 5.40. The molecule has 0 saturated carbocycles. The highest BCUT2D eigenvalue weighted by atomic mass is 16.5. The molecule has 0 spiro atoms. The van der Waals surface area contributed by atoms with Crippen molar-refractivity contribution < 1.29 is 13.9 Å². The smallest absolute Gasteiger partial charge is 0.233 e. The van der Waals surface area contributed by atoms with Crippen molar-refractivity contribution in [3.8, 4) is 0 Å². The molecule has 3 heterocycles. The maximum Gasteiger partial charge on any atom is 0.233 e. The van der Waals surface area contributed by atoms with Crippen molar-refractivity contribution in [2.75, 3.05) is 19.8 Å². The molecule has 1 aromatic heterocycles. The Bertz CT molecular complexity index is 701. The van der Waals surface area contributed by atoms with Crippen LogP contribution in [0, 0.1) is 0 Å². The van der Waals surface area contributed by atoms with E-state index in [1.807, 2.05) is 29.2 Å². The first kappa shape index (κ1) is 15.5. The number of ether oxygens (including phenoxy) is 1. The topological polar surface area (TPSA) is 42.7 Å². The van der Waals surface area contributed by atoms with Crippen LogP contribution in [0.15, 0.2) is 47.1 Å². The maximum atomic E-state index is 13.6. The number of benzene rings is 1. The van der Waals surface area contributed by atoms with Gasteiger partial charge in [0, 0.05) is 38.3 Å². The van der Waals surface area contributed by atoms with Gasteiger partial charge >= 0.3 is 0 Å². The first-order valence-electron chi connectivity index (χ1n) is 8.77. The standard InChI is InChI=1S/C20H23NO3/c22-19(21-11-4-7-18-16(15-21)8-12-24-18)20(9-13-23-14-10-20)17-5-2-1-3-6-17/h1-3,5-6,8,12H,4,7,9-11,13-15H2. The van der Waals surface area contributed by atoms with Gasteiger partial charge in [-0.2, -0.15) is 0 Å². The minimum atomic E-state index is -0.451. The summed E-state index contributed by atoms with van der Waals surface area (Å²) in [5, 5.41) is 0. The van der Waals surface area contributed by atoms with Crippen LogP contribution in [0.25, 0.3) is 0 Å². The van der Waals surface area contributed by atoms with Gasteiger partial charge in [-0.05, 0) is 30.9 Å². The molecular formula is C20H23NO3. The van der Waals surface area contributed by atoms with Gasteiger partial charge in [0.15, 0.2) is 0 Å². The number of furan rings is 1. The van der Waals surface area contributed by atoms with Crippen molar-refractivity contribution in [1.82, 2.24) is 4.90 Å². The summed E-state index contributed by atoms with van der Waals surface area (Å²) in [7, 11) is 0. The molecular weight excluding hydrogens is 302 g/mol. The van der Waals surface area contributed by atoms with Gasteiger partial charge in [0.05, 0.1) is 11.7 Å². The fraction of sp³-hybridized carbons (Fsp3) is 0.450. The monoisotopic (exact) mass is 325 g/mol. The Kier molecular flexibility index (Phi) is 4.15. The summed E-state index contributed by atoms with van der Waals surface area (Å²) in [5.41, 5.74) is 1.82. The Morgan fingerprint density at radius 2 is 1.88 bits per heavy atom. The zero-order chi connectivity index (χ0) is 16.4. The molecule has 0 aliphatic carbocycles. The minimum Gasteiger partial charge on any atom is -0.469 e. The van der Waals surface area contributed by atoms with Crippen molar-refractivity contribution in [2.45, 2.75) is 37.6 Å². The van der Waals surface area contributed by atoms with Gasteiger partial charge in [-0.15, -0.1) is 0 Å². The number of rotatable bonds is 2. The van der Waals surface area contributed by atoms with Crippen molar-refractivity contribution >= 4 is 5.91 Å². The van der Waals surface area contributed by atoms with E-state index in [-0.39, 0.29) is 5.91 Å². The van der Waals surface area contributed by atoms with E-state index in [0.29, 0.717) is 19.8 Å². The summed E-state index contributed by atoms with van der Waals surface area (Å²) >= 11 is 0. The summed E-state index contributed by atoms with van der Waals surface area (Å²) in [6, 6.07) is 12.2. The number of hydrogen-bond donors (Lipinski definition) is 0. The molecule has 2 aliphatic heterocycles. The number of aryl methyl sites for hydroxylation is 1. The number of nitrogens with zero attached hydrogens (tertiary/aromatic N) is 1. The van der Waals surface area contributed by atoms with Gasteiger partial charge in [0.25, 0.3) is 0 Å². The van der Waals surface area contributed by atoms with Gasteiger partial charge < -0.3 is 14.1 Å². The summed E-state index contributed by atoms with van der Waals surface area (Å²) < 4.78 is 11.1. The number of amides is 1. The van der Waals surface area contributed by atoms with Gasteiger partial charge in [-0.3, -0.25) is 4.79 Å². The quantitative estimate of drug-likeness (QED) is 0.851. The minimum absolute atomic E-state index is 0.242. The lowest BCUT2D eigenvalue weighted by Crippen LogP contribution is -2.49. The van der Waals surface area contributed by atoms with Crippen LogP contribution in [0.2, 0.25) is 0 Å². The van der Waals surface area contributed by atoms with E-state index in [1.165, 1.54) is 0 Å². The molecule has 0 bridgehead atoms. The van der Waals surface area contributed by atoms with Crippen molar-refractivity contribution in [3.05, 3.63) is 59.5 Å². The van der Waals surface area contributed by atoms with E-state index in [9.17, 15) is 4.79 Å². The Morgan fingerprint density at radius 3 is 2.67 bits per heavy atom. The van der Waals surface area contributed by atoms with Gasteiger partial charge in [0.2, 0.25) is 5.91 Å². The van der Waals surface area contributed by atoms with E-state index in [1.54, 1.807) is 6.26 Å². The molecule has 1 saturated heterocycles. The molecule has 0 radical (unpaired) electrons. The van der Waals surface area contributed by atoms with Crippen LogP contribution >= 0.6 is 0 Å². The molecule has 2 aliphatic rings. The summed E-state index contributed by atoms with van der Waals surface area (Å²) in [6.07, 6.45) is 5.11. The van der Waals surface area contributed by atoms with Crippen molar-refractivity contribution in [2.24, 2.45) is 0 Å². The predicted octanol–water partition coefficient (Wildman–Crippen LogP) is 3.30. The van der Waals surface area contributed by atoms with Crippen LogP contribution in [-0.2, 0) is 27.9 Å². The van der Waals surface area contributed by atoms with Gasteiger partial charge in [0.1, 0.15) is 5.76 Å². The zero-order valence-electron chi connectivity index (χ0n) is 13.9. The highest BCUT2D eigenvalue weighted by Gasteiger charge is 2.44. The molecule has 1 fully saturated rings. The summed E-state index contributed by atoms with van der Waals surface area (Å²) in [5.74, 6) is 1.28. The van der Waals surface area contributed by atoms with E-state index in [4.69, 9.17) is 9.15 Å². The largest absolute Gasteiger partial charge is 0.469 e. The Hall–Kier alpha value is -2.07. The zero-order valence-corrected chi connectivity index (χ0v) is 13.9. The summed E-state index contributed by atoms with van der Waals surface area (Å²) in [4.78, 5) is 15.6. The lowest BCUT2D eigenvalue weighted by Gasteiger charge is -2.40. The SMILES string of the molecule is O=C(N1CCCc2occc2C1)C1(c2ccccc2)CCOCC1. The molecule has 24 heavy (non-hydrogen) atoms. The first-order valence-corrected chi connectivity index (χ1v) is 8.77. The van der Waals surface area contributed by atoms with Gasteiger partial charge in [-0.1, -0.05) is 30.3 Å². The highest BCUT2D eigenvalue weighted by molar-refractivity contribution is 5.88. The van der Waals surface area contributed by atoms with E-state index in [0.717, 1.165) is 49.1 Å². The van der Waals surface area contributed by atoms with Crippen LogP contribution in [0.5, 0.6) is 0 Å². The fourth-order valence-corrected chi connectivity index (χ4v) is 4.02. The molecule has 0 unspecified atom stereocenters. The lowest BCUT2D eigenvalue weighted by atomic mass is 9.73. The van der Waals surface area contributed by atoms with Crippen molar-refractivity contribution in [1.29, 1.82) is 0 Å². The van der Waals surface area contributed by atoms with E-state index < -0.39 is 5.41 Å². The average molecular weight is 325 g/mol. The predicted molar refractivity (Wildman–Crippen MR) is 90.6 cm³/mol. The molecule has 4 rings (SSSR count). The van der Waals surface area contributed by atoms with Crippen LogP contribution in [0.1, 0.15) is 36.1 Å². The summed E-state index contributed by atoms with van der Waals surface area (Å²) in [6.45, 7) is 2.73. The molecule has 126 valence electrons. The van der Waals surface area contributed by atoms with Gasteiger partial charge in [-0.25, -0.2) is 0 Å². The molecule has 4 heteroatoms. The molecule has 1 amide bonds. The van der Waals surface area contributed by atoms with Crippen LogP contribution in [0.4, 0.5) is 0 Å². The maximum absolute atomic E-state index is 13.6. The molecule has 1 aromatic carbocycles. The first-order chi connectivity index (χ1) is 11.8. The second kappa shape index (κ2) is 6.44. The number of carbonyl (C=O) groups excluding carboxylic acids is 1. The third-order valence-corrected chi connectivity index (χ3v) is 5.40. The fourth-order valence-electron chi connectivity index (χ4n) is 4.02. The molecule has 0 N–H and O–H groups in total.